The predicted molar refractivity (Wildman–Crippen MR) is 209 cm³/mol. The molecule has 10 rings (SSSR count). The average molecular weight is 665 g/mol. The summed E-state index contributed by atoms with van der Waals surface area (Å²) in [6.45, 7) is 0. The zero-order valence-electron chi connectivity index (χ0n) is 34.2. The summed E-state index contributed by atoms with van der Waals surface area (Å²) in [5, 5.41) is 1.89. The van der Waals surface area contributed by atoms with Crippen molar-refractivity contribution in [2.45, 2.75) is 0 Å². The lowest BCUT2D eigenvalue weighted by Gasteiger charge is -2.12. The highest BCUT2D eigenvalue weighted by Crippen LogP contribution is 2.42. The molecular formula is C45H28N4S. The zero-order valence-corrected chi connectivity index (χ0v) is 27.1. The minimum Gasteiger partial charge on any atom is -0.308 e. The molecule has 50 heavy (non-hydrogen) atoms. The molecule has 0 aliphatic heterocycles. The highest BCUT2D eigenvalue weighted by molar-refractivity contribution is 7.26. The van der Waals surface area contributed by atoms with Gasteiger partial charge in [-0.25, -0.2) is 15.0 Å². The van der Waals surface area contributed by atoms with Gasteiger partial charge in [0.05, 0.1) is 32.4 Å². The maximum absolute atomic E-state index is 9.01. The third-order valence-electron chi connectivity index (χ3n) is 8.93. The van der Waals surface area contributed by atoms with E-state index in [1.54, 1.807) is 4.57 Å². The van der Waals surface area contributed by atoms with Gasteiger partial charge in [-0.15, -0.1) is 11.3 Å². The quantitative estimate of drug-likeness (QED) is 0.184. The summed E-state index contributed by atoms with van der Waals surface area (Å²) in [5.41, 5.74) is 5.20. The van der Waals surface area contributed by atoms with E-state index in [1.807, 2.05) is 103 Å². The van der Waals surface area contributed by atoms with Crippen molar-refractivity contribution in [3.63, 3.8) is 0 Å². The molecule has 0 aliphatic rings. The fourth-order valence-electron chi connectivity index (χ4n) is 6.65. The normalized spacial score (nSPS) is 13.8. The van der Waals surface area contributed by atoms with Crippen LogP contribution in [0, 0.1) is 0 Å². The molecule has 0 bridgehead atoms. The first kappa shape index (κ1) is 21.5. The third kappa shape index (κ3) is 4.63. The van der Waals surface area contributed by atoms with Crippen LogP contribution in [0.15, 0.2) is 170 Å². The largest absolute Gasteiger partial charge is 0.308 e. The molecule has 7 aromatic carbocycles. The Morgan fingerprint density at radius 3 is 1.78 bits per heavy atom. The van der Waals surface area contributed by atoms with E-state index >= 15 is 0 Å². The lowest BCUT2D eigenvalue weighted by Crippen LogP contribution is -2.01. The van der Waals surface area contributed by atoms with Crippen LogP contribution in [0.4, 0.5) is 0 Å². The van der Waals surface area contributed by atoms with Gasteiger partial charge < -0.3 is 4.57 Å². The second-order valence-electron chi connectivity index (χ2n) is 11.8. The Morgan fingerprint density at radius 1 is 0.460 bits per heavy atom. The van der Waals surface area contributed by atoms with Gasteiger partial charge in [-0.05, 0) is 35.3 Å². The molecule has 4 nitrogen and oxygen atoms in total. The Morgan fingerprint density at radius 2 is 1.06 bits per heavy atom. The van der Waals surface area contributed by atoms with Crippen molar-refractivity contribution >= 4 is 53.3 Å². The monoisotopic (exact) mass is 664 g/mol. The van der Waals surface area contributed by atoms with E-state index in [1.165, 1.54) is 11.3 Å². The van der Waals surface area contributed by atoms with Crippen LogP contribution >= 0.6 is 11.3 Å². The number of aromatic nitrogens is 4. The van der Waals surface area contributed by atoms with Crippen LogP contribution in [0.3, 0.4) is 0 Å². The lowest BCUT2D eigenvalue weighted by molar-refractivity contribution is 1.07. The summed E-state index contributed by atoms with van der Waals surface area (Å²) in [5.74, 6) is 1.55. The van der Waals surface area contributed by atoms with Gasteiger partial charge in [0.15, 0.2) is 17.5 Å². The number of para-hydroxylation sites is 2. The Hall–Kier alpha value is -6.43. The van der Waals surface area contributed by atoms with Gasteiger partial charge in [-0.2, -0.15) is 0 Å². The van der Waals surface area contributed by atoms with Gasteiger partial charge in [0.2, 0.25) is 0 Å². The molecule has 10 aromatic rings. The van der Waals surface area contributed by atoms with Crippen molar-refractivity contribution in [3.05, 3.63) is 170 Å². The van der Waals surface area contributed by atoms with Crippen molar-refractivity contribution in [1.29, 1.82) is 0 Å². The standard InChI is InChI=1S/C45H28N4S/c1-3-14-29(15-4-1)32-18-7-8-21-37(32)45-47-43(30-16-5-2-6-17-30)46-44(48-45)31-26-27-35-36-22-13-25-40(42(36)50-41(35)28-31)49-38-23-11-9-19-33(38)34-20-10-12-24-39(34)49/h1-28H/i9D,10D,11D,12D,19D,20D,23D,24D. The van der Waals surface area contributed by atoms with Gasteiger partial charge in [-0.3, -0.25) is 0 Å². The van der Waals surface area contributed by atoms with E-state index < -0.39 is 24.2 Å². The first-order valence-corrected chi connectivity index (χ1v) is 16.9. The summed E-state index contributed by atoms with van der Waals surface area (Å²) in [6, 6.07) is 36.4. The Balaban J connectivity index is 1.21. The van der Waals surface area contributed by atoms with Crippen LogP contribution in [0.1, 0.15) is 11.0 Å². The molecule has 3 heterocycles. The minimum absolute atomic E-state index is 0.0436. The average Bonchev–Trinajstić information content (AvgIpc) is 3.83. The van der Waals surface area contributed by atoms with Crippen LogP contribution in [0.25, 0.3) is 93.0 Å². The Labute approximate surface area is 303 Å². The molecule has 0 N–H and O–H groups in total. The van der Waals surface area contributed by atoms with Crippen LogP contribution in [0.2, 0.25) is 0 Å². The van der Waals surface area contributed by atoms with Crippen LogP contribution in [0.5, 0.6) is 0 Å². The fraction of sp³-hybridized carbons (Fsp3) is 0. The molecular weight excluding hydrogens is 629 g/mol. The number of rotatable bonds is 5. The first-order chi connectivity index (χ1) is 28.1. The third-order valence-corrected chi connectivity index (χ3v) is 10.1. The predicted octanol–water partition coefficient (Wildman–Crippen LogP) is 12.0. The molecule has 0 amide bonds. The highest BCUT2D eigenvalue weighted by atomic mass is 32.1. The molecule has 0 saturated heterocycles. The van der Waals surface area contributed by atoms with Crippen LogP contribution < -0.4 is 0 Å². The van der Waals surface area contributed by atoms with Crippen molar-refractivity contribution in [3.8, 4) is 51.0 Å². The molecule has 0 atom stereocenters. The summed E-state index contributed by atoms with van der Waals surface area (Å²) < 4.78 is 73.0. The molecule has 0 saturated carbocycles. The lowest BCUT2D eigenvalue weighted by atomic mass is 9.99. The van der Waals surface area contributed by atoms with E-state index in [4.69, 9.17) is 25.9 Å². The van der Waals surface area contributed by atoms with E-state index in [0.29, 0.717) is 23.2 Å². The van der Waals surface area contributed by atoms with Crippen molar-refractivity contribution in [1.82, 2.24) is 19.5 Å². The molecule has 0 unspecified atom stereocenters. The maximum Gasteiger partial charge on any atom is 0.164 e. The van der Waals surface area contributed by atoms with Gasteiger partial charge in [0.1, 0.15) is 0 Å². The molecule has 3 aromatic heterocycles. The van der Waals surface area contributed by atoms with Crippen molar-refractivity contribution in [2.24, 2.45) is 0 Å². The van der Waals surface area contributed by atoms with Crippen LogP contribution in [-0.2, 0) is 0 Å². The summed E-state index contributed by atoms with van der Waals surface area (Å²) in [6.07, 6.45) is 0. The minimum atomic E-state index is -0.475. The number of nitrogens with zero attached hydrogens (tertiary/aromatic N) is 4. The number of hydrogen-bond donors (Lipinski definition) is 0. The van der Waals surface area contributed by atoms with Crippen molar-refractivity contribution < 1.29 is 11.0 Å². The van der Waals surface area contributed by atoms with E-state index in [9.17, 15) is 0 Å². The number of thiophene rings is 1. The molecule has 0 fully saturated rings. The molecule has 0 spiro atoms. The molecule has 0 aliphatic carbocycles. The van der Waals surface area contributed by atoms with Gasteiger partial charge in [0, 0.05) is 42.9 Å². The smallest absolute Gasteiger partial charge is 0.164 e. The van der Waals surface area contributed by atoms with E-state index in [0.717, 1.165) is 48.0 Å². The second kappa shape index (κ2) is 11.6. The number of hydrogen-bond acceptors (Lipinski definition) is 4. The summed E-state index contributed by atoms with van der Waals surface area (Å²) in [7, 11) is 0. The van der Waals surface area contributed by atoms with Gasteiger partial charge in [0.25, 0.3) is 0 Å². The highest BCUT2D eigenvalue weighted by Gasteiger charge is 2.19. The van der Waals surface area contributed by atoms with Crippen molar-refractivity contribution in [2.75, 3.05) is 0 Å². The van der Waals surface area contributed by atoms with E-state index in [2.05, 4.69) is 18.2 Å². The SMILES string of the molecule is [2H]c1c([2H])c([2H])c2c(c1[2H])c1c([2H])c([2H])c([2H])c([2H])c1n2-c1cccc2c1sc1cc(-c3nc(-c4ccccc4)nc(-c4ccccc4-c4ccccc4)n3)ccc12. The number of benzene rings is 7. The first-order valence-electron chi connectivity index (χ1n) is 20.1. The fourth-order valence-corrected chi connectivity index (χ4v) is 7.90. The van der Waals surface area contributed by atoms with Gasteiger partial charge >= 0.3 is 0 Å². The maximum atomic E-state index is 9.01. The molecule has 0 radical (unpaired) electrons. The number of fused-ring (bicyclic) bond motifs is 6. The van der Waals surface area contributed by atoms with Gasteiger partial charge in [-0.1, -0.05) is 145 Å². The van der Waals surface area contributed by atoms with Crippen LogP contribution in [-0.4, -0.2) is 19.5 Å². The Bertz CT molecular complexity index is 3250. The molecule has 5 heteroatoms. The summed E-state index contributed by atoms with van der Waals surface area (Å²) in [4.78, 5) is 15.1. The molecule has 234 valence electrons. The zero-order chi connectivity index (χ0) is 40.0. The summed E-state index contributed by atoms with van der Waals surface area (Å²) >= 11 is 1.47. The second-order valence-corrected chi connectivity index (χ2v) is 12.9. The van der Waals surface area contributed by atoms with E-state index in [-0.39, 0.29) is 46.0 Å². The topological polar surface area (TPSA) is 43.6 Å². The Kier molecular flexibility index (Phi) is 5.00.